The van der Waals surface area contributed by atoms with Crippen LogP contribution in [0.25, 0.3) is 0 Å². The summed E-state index contributed by atoms with van der Waals surface area (Å²) in [6.07, 6.45) is 6.53. The van der Waals surface area contributed by atoms with Gasteiger partial charge in [0.05, 0.1) is 0 Å². The van der Waals surface area contributed by atoms with Gasteiger partial charge < -0.3 is 21.1 Å². The maximum absolute atomic E-state index is 12.5. The third-order valence-electron chi connectivity index (χ3n) is 6.25. The summed E-state index contributed by atoms with van der Waals surface area (Å²) in [5.41, 5.74) is 14.9. The molecular weight excluding hydrogens is 392 g/mol. The summed E-state index contributed by atoms with van der Waals surface area (Å²) >= 11 is 0. The van der Waals surface area contributed by atoms with E-state index in [1.54, 1.807) is 4.90 Å². The van der Waals surface area contributed by atoms with Crippen LogP contribution >= 0.6 is 0 Å². The largest absolute Gasteiger partial charge is 0.444 e. The molecule has 8 heteroatoms. The number of carbonyl (C=O) groups is 1. The molecule has 8 nitrogen and oxygen atoms in total. The van der Waals surface area contributed by atoms with Crippen molar-refractivity contribution in [2.45, 2.75) is 77.0 Å². The van der Waals surface area contributed by atoms with Gasteiger partial charge in [0.15, 0.2) is 0 Å². The molecule has 1 amide bonds. The van der Waals surface area contributed by atoms with Gasteiger partial charge in [0, 0.05) is 18.8 Å². The van der Waals surface area contributed by atoms with E-state index >= 15 is 0 Å². The summed E-state index contributed by atoms with van der Waals surface area (Å²) in [7, 11) is 0. The number of hydrogen-bond acceptors (Lipinski definition) is 7. The van der Waals surface area contributed by atoms with Gasteiger partial charge in [-0.2, -0.15) is 4.99 Å². The molecule has 1 aromatic carbocycles. The fraction of sp³-hybridized carbons (Fsp3) is 0.609. The Hall–Kier alpha value is -2.77. The second kappa shape index (κ2) is 8.05. The molecule has 1 spiro atoms. The first-order valence-electron chi connectivity index (χ1n) is 11.3. The summed E-state index contributed by atoms with van der Waals surface area (Å²) < 4.78 is 5.57. The smallest absolute Gasteiger partial charge is 0.410 e. The SMILES string of the molecule is CC(C)(C)OC(=O)N1CCc2ccc(N3C(N)=NC(N)=NC34CCCCC4)cc2CC1. The normalized spacial score (nSPS) is 21.1. The number of benzene rings is 1. The van der Waals surface area contributed by atoms with E-state index in [0.29, 0.717) is 19.0 Å². The van der Waals surface area contributed by atoms with E-state index in [9.17, 15) is 4.79 Å². The monoisotopic (exact) mass is 426 g/mol. The van der Waals surface area contributed by atoms with Crippen LogP contribution in [0.1, 0.15) is 64.0 Å². The van der Waals surface area contributed by atoms with Crippen molar-refractivity contribution in [3.63, 3.8) is 0 Å². The minimum Gasteiger partial charge on any atom is -0.444 e. The Bertz CT molecular complexity index is 911. The second-order valence-electron chi connectivity index (χ2n) is 9.74. The fourth-order valence-electron chi connectivity index (χ4n) is 4.85. The molecule has 3 aliphatic rings. The summed E-state index contributed by atoms with van der Waals surface area (Å²) in [5, 5.41) is 0. The van der Waals surface area contributed by atoms with Crippen LogP contribution in [-0.2, 0) is 17.6 Å². The zero-order chi connectivity index (χ0) is 22.2. The lowest BCUT2D eigenvalue weighted by atomic mass is 9.87. The molecule has 0 unspecified atom stereocenters. The van der Waals surface area contributed by atoms with Crippen molar-refractivity contribution >= 4 is 23.7 Å². The Morgan fingerprint density at radius 3 is 2.42 bits per heavy atom. The van der Waals surface area contributed by atoms with E-state index in [0.717, 1.165) is 44.2 Å². The first kappa shape index (κ1) is 21.5. The van der Waals surface area contributed by atoms with Crippen LogP contribution in [-0.4, -0.2) is 47.3 Å². The van der Waals surface area contributed by atoms with E-state index in [1.807, 2.05) is 20.8 Å². The van der Waals surface area contributed by atoms with Gasteiger partial charge >= 0.3 is 6.09 Å². The van der Waals surface area contributed by atoms with Crippen molar-refractivity contribution in [2.75, 3.05) is 18.0 Å². The van der Waals surface area contributed by atoms with Crippen LogP contribution < -0.4 is 16.4 Å². The maximum atomic E-state index is 12.5. The number of anilines is 1. The highest BCUT2D eigenvalue weighted by Gasteiger charge is 2.42. The van der Waals surface area contributed by atoms with Gasteiger partial charge in [-0.05, 0) is 82.6 Å². The van der Waals surface area contributed by atoms with Crippen LogP contribution in [0.3, 0.4) is 0 Å². The third-order valence-corrected chi connectivity index (χ3v) is 6.25. The van der Waals surface area contributed by atoms with Crippen molar-refractivity contribution in [1.82, 2.24) is 4.90 Å². The second-order valence-corrected chi connectivity index (χ2v) is 9.74. The van der Waals surface area contributed by atoms with Gasteiger partial charge in [-0.15, -0.1) is 0 Å². The number of rotatable bonds is 1. The molecular formula is C23H34N6O2. The minimum absolute atomic E-state index is 0.251. The molecule has 0 aromatic heterocycles. The highest BCUT2D eigenvalue weighted by atomic mass is 16.6. The molecule has 31 heavy (non-hydrogen) atoms. The lowest BCUT2D eigenvalue weighted by Crippen LogP contribution is -2.58. The van der Waals surface area contributed by atoms with Crippen LogP contribution in [0.5, 0.6) is 0 Å². The quantitative estimate of drug-likeness (QED) is 0.717. The number of carbonyl (C=O) groups excluding carboxylic acids is 1. The molecule has 168 valence electrons. The molecule has 0 bridgehead atoms. The molecule has 1 aliphatic carbocycles. The first-order chi connectivity index (χ1) is 14.7. The van der Waals surface area contributed by atoms with Gasteiger partial charge in [0.25, 0.3) is 0 Å². The number of fused-ring (bicyclic) bond motifs is 1. The summed E-state index contributed by atoms with van der Waals surface area (Å²) in [6.45, 7) is 6.96. The zero-order valence-electron chi connectivity index (χ0n) is 18.9. The number of aliphatic imine (C=N–C) groups is 2. The Balaban J connectivity index is 1.58. The van der Waals surface area contributed by atoms with Gasteiger partial charge in [0.1, 0.15) is 11.3 Å². The fourth-order valence-corrected chi connectivity index (χ4v) is 4.85. The highest BCUT2D eigenvalue weighted by molar-refractivity contribution is 6.05. The molecule has 0 radical (unpaired) electrons. The Morgan fingerprint density at radius 1 is 1.06 bits per heavy atom. The lowest BCUT2D eigenvalue weighted by Gasteiger charge is -2.45. The van der Waals surface area contributed by atoms with Crippen LogP contribution in [0.15, 0.2) is 28.2 Å². The molecule has 1 fully saturated rings. The molecule has 4 N–H and O–H groups in total. The van der Waals surface area contributed by atoms with Gasteiger partial charge in [-0.1, -0.05) is 12.5 Å². The van der Waals surface area contributed by atoms with Crippen molar-refractivity contribution in [3.8, 4) is 0 Å². The van der Waals surface area contributed by atoms with Crippen molar-refractivity contribution in [2.24, 2.45) is 21.5 Å². The van der Waals surface area contributed by atoms with E-state index in [1.165, 1.54) is 17.5 Å². The van der Waals surface area contributed by atoms with E-state index in [-0.39, 0.29) is 12.1 Å². The molecule has 4 rings (SSSR count). The van der Waals surface area contributed by atoms with E-state index in [4.69, 9.17) is 21.2 Å². The van der Waals surface area contributed by atoms with Crippen molar-refractivity contribution in [1.29, 1.82) is 0 Å². The number of hydrogen-bond donors (Lipinski definition) is 2. The lowest BCUT2D eigenvalue weighted by molar-refractivity contribution is 0.0258. The number of amides is 1. The molecule has 2 heterocycles. The van der Waals surface area contributed by atoms with Crippen molar-refractivity contribution in [3.05, 3.63) is 29.3 Å². The van der Waals surface area contributed by atoms with Gasteiger partial charge in [-0.25, -0.2) is 9.79 Å². The van der Waals surface area contributed by atoms with E-state index < -0.39 is 11.3 Å². The predicted molar refractivity (Wildman–Crippen MR) is 123 cm³/mol. The first-order valence-corrected chi connectivity index (χ1v) is 11.3. The summed E-state index contributed by atoms with van der Waals surface area (Å²) in [6, 6.07) is 6.43. The number of ether oxygens (including phenoxy) is 1. The average molecular weight is 427 g/mol. The number of nitrogens with zero attached hydrogens (tertiary/aromatic N) is 4. The molecule has 1 aromatic rings. The number of guanidine groups is 2. The molecule has 1 saturated carbocycles. The minimum atomic E-state index is -0.495. The molecule has 0 atom stereocenters. The van der Waals surface area contributed by atoms with Gasteiger partial charge in [0.2, 0.25) is 11.9 Å². The zero-order valence-corrected chi connectivity index (χ0v) is 18.9. The highest BCUT2D eigenvalue weighted by Crippen LogP contribution is 2.40. The molecule has 2 aliphatic heterocycles. The summed E-state index contributed by atoms with van der Waals surface area (Å²) in [4.78, 5) is 25.4. The third kappa shape index (κ3) is 4.48. The Labute approximate surface area is 184 Å². The standard InChI is InChI=1S/C23H34N6O2/c1-22(2,3)31-21(30)28-13-9-16-7-8-18(15-17(16)10-14-28)29-20(25)26-19(24)27-23(29)11-5-4-6-12-23/h7-8,15H,4-6,9-14H2,1-3H3,(H4,24,25,26,27). The van der Waals surface area contributed by atoms with Crippen molar-refractivity contribution < 1.29 is 9.53 Å². The average Bonchev–Trinajstić information content (AvgIpc) is 2.89. The number of nitrogens with two attached hydrogens (primary N) is 2. The van der Waals surface area contributed by atoms with Crippen LogP contribution in [0.2, 0.25) is 0 Å². The predicted octanol–water partition coefficient (Wildman–Crippen LogP) is 3.13. The van der Waals surface area contributed by atoms with E-state index in [2.05, 4.69) is 28.1 Å². The maximum Gasteiger partial charge on any atom is 0.410 e. The van der Waals surface area contributed by atoms with Gasteiger partial charge in [-0.3, -0.25) is 4.90 Å². The summed E-state index contributed by atoms with van der Waals surface area (Å²) in [5.74, 6) is 0.664. The Kier molecular flexibility index (Phi) is 5.58. The van der Waals surface area contributed by atoms with Crippen LogP contribution in [0.4, 0.5) is 10.5 Å². The molecule has 0 saturated heterocycles. The van der Waals surface area contributed by atoms with Crippen LogP contribution in [0, 0.1) is 0 Å². The topological polar surface area (TPSA) is 110 Å². The Morgan fingerprint density at radius 2 is 1.74 bits per heavy atom.